The van der Waals surface area contributed by atoms with Gasteiger partial charge in [0.1, 0.15) is 28.5 Å². The third kappa shape index (κ3) is 10.3. The fraction of sp³-hybridized carbons (Fsp3) is 0.233. The molecule has 4 aromatic heterocycles. The Morgan fingerprint density at radius 3 is 1.92 bits per heavy atom. The minimum absolute atomic E-state index is 0.134. The average molecular weight is 1230 g/mol. The second kappa shape index (κ2) is 21.4. The van der Waals surface area contributed by atoms with Gasteiger partial charge in [0.05, 0.1) is 44.4 Å². The number of ether oxygens (including phenoxy) is 1. The van der Waals surface area contributed by atoms with Crippen LogP contribution in [-0.4, -0.2) is 14.1 Å². The Hall–Kier alpha value is -9.78. The molecule has 0 amide bonds. The van der Waals surface area contributed by atoms with Gasteiger partial charge in [0.2, 0.25) is 0 Å². The number of fused-ring (bicyclic) bond motifs is 8. The summed E-state index contributed by atoms with van der Waals surface area (Å²) in [4.78, 5) is 4.99. The number of furan rings is 1. The van der Waals surface area contributed by atoms with Crippen LogP contribution in [0, 0.1) is 6.33 Å². The van der Waals surface area contributed by atoms with Crippen LogP contribution in [0.1, 0.15) is 163 Å². The molecule has 0 aliphatic heterocycles. The molecular weight excluding hydrogens is 1120 g/mol. The summed E-state index contributed by atoms with van der Waals surface area (Å²) in [7, 11) is 0. The molecule has 15 rings (SSSR count). The van der Waals surface area contributed by atoms with Crippen LogP contribution < -0.4 is 9.30 Å². The highest BCUT2D eigenvalue weighted by Gasteiger charge is 2.37. The Kier molecular flexibility index (Phi) is 8.74. The number of imidazole rings is 1. The SMILES string of the molecule is [2H]c1c([2H])c([2H])c(-c2cccc(-c3c([2H])c([2H])c4c(c3[2H])C(C([2H])([2H])[2H])(C([2H])([2H])[2H])C([2H])([2H])C([2H])([2H])C4(C([2H])([2H])[2H])C([2H])([2H])[2H])c2-[n+]2[c-]n(-c3cccc(Oc4ccc5c6cc(-c7cc(C(C)(C)C)cc(C(C)(C)C)c7)ccc6n(-c6cc(C(C)(C)C)ccn6)c5c4)c3)c3cc4oc5ccc(-c6ccccc6)cc5c4cc32)c([2H])c1[2H]. The third-order valence-corrected chi connectivity index (χ3v) is 17.5. The van der Waals surface area contributed by atoms with Crippen molar-refractivity contribution in [3.63, 3.8) is 0 Å². The van der Waals surface area contributed by atoms with Gasteiger partial charge < -0.3 is 9.15 Å². The standard InChI is InChI=1S/C86H80N4O2/c1-82(2,3)60-38-41-87-80(48-60)90-74-36-31-57(59-42-61(83(4,5)6)47-62(43-59)84(7,8)9)44-69(74)68-34-33-65(50-75(68)90)91-64-27-20-26-63(49-64)88-53-89(76-51-71-70-45-56(54-22-16-14-17-23-54)32-37-78(70)92-79(71)52-77(76)88)81-66(55-24-18-15-19-25-55)28-21-29-67(81)58-30-35-72-73(46-58)86(12,13)40-39-85(72,10)11/h14-38,41-52H,39-40H2,1-13H3/i10D3,11D3,12D3,13D3,15D,18D,19D,24D,25D,30D,35D,39D2,40D2,46D. The number of para-hydroxylation sites is 1. The summed E-state index contributed by atoms with van der Waals surface area (Å²) in [6, 6.07) is 43.9. The van der Waals surface area contributed by atoms with E-state index in [1.54, 1.807) is 53.2 Å². The molecule has 6 nitrogen and oxygen atoms in total. The Balaban J connectivity index is 1.01. The van der Waals surface area contributed by atoms with E-state index < -0.39 is 127 Å². The van der Waals surface area contributed by atoms with Gasteiger partial charge in [0, 0.05) is 55.7 Å². The third-order valence-electron chi connectivity index (χ3n) is 17.5. The van der Waals surface area contributed by atoms with E-state index in [-0.39, 0.29) is 44.3 Å². The van der Waals surface area contributed by atoms with Crippen LogP contribution >= 0.6 is 0 Å². The quantitative estimate of drug-likeness (QED) is 0.107. The zero-order valence-corrected chi connectivity index (χ0v) is 52.3. The zero-order chi connectivity index (χ0) is 84.4. The van der Waals surface area contributed by atoms with Crippen LogP contribution in [0.25, 0.3) is 116 Å². The molecule has 1 aliphatic rings. The van der Waals surface area contributed by atoms with Gasteiger partial charge in [-0.25, -0.2) is 4.98 Å². The van der Waals surface area contributed by atoms with Crippen LogP contribution in [0.5, 0.6) is 11.5 Å². The largest absolute Gasteiger partial charge is 0.458 e. The molecule has 14 aromatic rings. The number of hydrogen-bond donors (Lipinski definition) is 0. The summed E-state index contributed by atoms with van der Waals surface area (Å²) in [5, 5.41) is 2.91. The summed E-state index contributed by atoms with van der Waals surface area (Å²) in [5.74, 6) is 1.36. The van der Waals surface area contributed by atoms with Crippen molar-refractivity contribution in [3.05, 3.63) is 259 Å². The van der Waals surface area contributed by atoms with Crippen LogP contribution in [0.15, 0.2) is 229 Å². The topological polar surface area (TPSA) is 49.0 Å². The normalized spacial score (nSPS) is 19.7. The summed E-state index contributed by atoms with van der Waals surface area (Å²) in [6.07, 6.45) is -4.08. The second-order valence-corrected chi connectivity index (χ2v) is 27.0. The summed E-state index contributed by atoms with van der Waals surface area (Å²) < 4.78 is 242. The van der Waals surface area contributed by atoms with E-state index in [4.69, 9.17) is 34.7 Å². The first kappa shape index (κ1) is 37.5. The van der Waals surface area contributed by atoms with Crippen molar-refractivity contribution < 1.29 is 46.6 Å². The summed E-state index contributed by atoms with van der Waals surface area (Å²) in [5.41, 5.74) is -5.26. The van der Waals surface area contributed by atoms with Gasteiger partial charge in [-0.3, -0.25) is 13.7 Å². The van der Waals surface area contributed by atoms with Gasteiger partial charge in [-0.2, -0.15) is 0 Å². The van der Waals surface area contributed by atoms with Gasteiger partial charge in [0.25, 0.3) is 6.33 Å². The van der Waals surface area contributed by atoms with Crippen LogP contribution in [0.3, 0.4) is 0 Å². The molecule has 0 saturated heterocycles. The lowest BCUT2D eigenvalue weighted by molar-refractivity contribution is -0.571. The van der Waals surface area contributed by atoms with Crippen molar-refractivity contribution in [1.82, 2.24) is 14.1 Å². The van der Waals surface area contributed by atoms with E-state index in [0.29, 0.717) is 39.2 Å². The van der Waals surface area contributed by atoms with Crippen molar-refractivity contribution in [1.29, 1.82) is 0 Å². The number of nitrogens with zero attached hydrogens (tertiary/aromatic N) is 4. The van der Waals surface area contributed by atoms with E-state index in [2.05, 4.69) is 116 Å². The molecule has 0 saturated carbocycles. The second-order valence-electron chi connectivity index (χ2n) is 27.0. The monoisotopic (exact) mass is 1220 g/mol. The number of pyridine rings is 1. The molecule has 92 heavy (non-hydrogen) atoms. The molecule has 1 aliphatic carbocycles. The summed E-state index contributed by atoms with van der Waals surface area (Å²) >= 11 is 0. The lowest BCUT2D eigenvalue weighted by Gasteiger charge is -2.42. The predicted molar refractivity (Wildman–Crippen MR) is 383 cm³/mol. The molecule has 4 heterocycles. The maximum Gasteiger partial charge on any atom is 0.269 e. The van der Waals surface area contributed by atoms with Gasteiger partial charge in [-0.1, -0.05) is 223 Å². The molecule has 456 valence electrons. The highest BCUT2D eigenvalue weighted by atomic mass is 16.5. The maximum absolute atomic E-state index is 10.5. The van der Waals surface area contributed by atoms with Crippen LogP contribution in [0.4, 0.5) is 0 Å². The Bertz CT molecular complexity index is 6350. The van der Waals surface area contributed by atoms with Crippen molar-refractivity contribution >= 4 is 54.8 Å². The van der Waals surface area contributed by atoms with Gasteiger partial charge in [0.15, 0.2) is 0 Å². The summed E-state index contributed by atoms with van der Waals surface area (Å²) in [6.45, 7) is 2.21. The average Bonchev–Trinajstić information content (AvgIpc) is 0.754. The Morgan fingerprint density at radius 2 is 1.18 bits per heavy atom. The first-order valence-electron chi connectivity index (χ1n) is 42.6. The van der Waals surface area contributed by atoms with E-state index >= 15 is 0 Å². The maximum atomic E-state index is 10.5. The molecular formula is C86H80N4O2. The molecule has 0 atom stereocenters. The van der Waals surface area contributed by atoms with Crippen molar-refractivity contribution in [3.8, 4) is 73.2 Å². The number of hydrogen-bond acceptors (Lipinski definition) is 3. The van der Waals surface area contributed by atoms with Crippen LogP contribution in [0.2, 0.25) is 0 Å². The highest BCUT2D eigenvalue weighted by molar-refractivity contribution is 6.12. The van der Waals surface area contributed by atoms with E-state index in [1.165, 1.54) is 33.9 Å². The molecule has 0 unspecified atom stereocenters. The van der Waals surface area contributed by atoms with E-state index in [0.717, 1.165) is 49.6 Å². The number of rotatable bonds is 9. The number of aromatic nitrogens is 4. The fourth-order valence-electron chi connectivity index (χ4n) is 12.5. The molecule has 6 heteroatoms. The van der Waals surface area contributed by atoms with Crippen LogP contribution in [-0.2, 0) is 27.1 Å². The van der Waals surface area contributed by atoms with Gasteiger partial charge in [-0.05, 0) is 191 Å². The van der Waals surface area contributed by atoms with Gasteiger partial charge in [-0.15, -0.1) is 0 Å². The fourth-order valence-corrected chi connectivity index (χ4v) is 12.5. The highest BCUT2D eigenvalue weighted by Crippen LogP contribution is 2.49. The molecule has 0 fully saturated rings. The first-order valence-corrected chi connectivity index (χ1v) is 30.6. The lowest BCUT2D eigenvalue weighted by atomic mass is 9.63. The zero-order valence-electron chi connectivity index (χ0n) is 76.3. The van der Waals surface area contributed by atoms with E-state index in [1.807, 2.05) is 66.7 Å². The van der Waals surface area contributed by atoms with Gasteiger partial charge >= 0.3 is 0 Å². The molecule has 0 radical (unpaired) electrons. The number of benzene rings is 10. The molecule has 0 N–H and O–H groups in total. The molecule has 10 aromatic carbocycles. The van der Waals surface area contributed by atoms with Crippen molar-refractivity contribution in [2.45, 2.75) is 130 Å². The minimum Gasteiger partial charge on any atom is -0.458 e. The molecule has 0 bridgehead atoms. The first-order chi connectivity index (χ1) is 53.8. The van der Waals surface area contributed by atoms with Crippen molar-refractivity contribution in [2.24, 2.45) is 0 Å². The Morgan fingerprint density at radius 1 is 0.511 bits per heavy atom. The lowest BCUT2D eigenvalue weighted by Crippen LogP contribution is -2.34. The smallest absolute Gasteiger partial charge is 0.269 e. The Labute approximate surface area is 575 Å². The minimum atomic E-state index is -4.66. The molecule has 0 spiro atoms. The predicted octanol–water partition coefficient (Wildman–Crippen LogP) is 22.8. The van der Waals surface area contributed by atoms with Crippen molar-refractivity contribution in [2.75, 3.05) is 0 Å². The van der Waals surface area contributed by atoms with E-state index in [9.17, 15) is 12.3 Å².